The van der Waals surface area contributed by atoms with Crippen molar-refractivity contribution in [3.05, 3.63) is 23.8 Å². The molecule has 1 fully saturated rings. The van der Waals surface area contributed by atoms with Gasteiger partial charge in [0.1, 0.15) is 12.3 Å². The van der Waals surface area contributed by atoms with E-state index in [-0.39, 0.29) is 24.9 Å². The Hall–Kier alpha value is -2.24. The maximum atomic E-state index is 11.9. The van der Waals surface area contributed by atoms with Gasteiger partial charge in [0.15, 0.2) is 0 Å². The number of anilines is 1. The van der Waals surface area contributed by atoms with Crippen molar-refractivity contribution in [2.24, 2.45) is 0 Å². The van der Waals surface area contributed by atoms with Crippen LogP contribution < -0.4 is 10.5 Å². The maximum Gasteiger partial charge on any atom is 0.242 e. The first-order valence-corrected chi connectivity index (χ1v) is 5.95. The van der Waals surface area contributed by atoms with Crippen LogP contribution in [0, 0.1) is 0 Å². The molecule has 0 aliphatic carbocycles. The minimum Gasteiger partial charge on any atom is -0.496 e. The quantitative estimate of drug-likeness (QED) is 0.783. The van der Waals surface area contributed by atoms with Gasteiger partial charge < -0.3 is 20.3 Å². The molecule has 19 heavy (non-hydrogen) atoms. The van der Waals surface area contributed by atoms with Crippen molar-refractivity contribution in [3.8, 4) is 5.75 Å². The zero-order valence-corrected chi connectivity index (χ0v) is 11.0. The van der Waals surface area contributed by atoms with Crippen LogP contribution in [-0.4, -0.2) is 48.9 Å². The highest BCUT2D eigenvalue weighted by atomic mass is 16.5. The Kier molecular flexibility index (Phi) is 3.59. The number of likely N-dealkylation sites (N-methyl/N-ethyl adjacent to an activating group) is 1. The van der Waals surface area contributed by atoms with Crippen LogP contribution in [0.1, 0.15) is 5.56 Å². The number of benzene rings is 1. The molecule has 0 radical (unpaired) electrons. The number of hydrogen-bond acceptors (Lipinski definition) is 4. The summed E-state index contributed by atoms with van der Waals surface area (Å²) in [5, 5.41) is 0. The van der Waals surface area contributed by atoms with Crippen LogP contribution in [0.4, 0.5) is 5.69 Å². The van der Waals surface area contributed by atoms with Gasteiger partial charge in [0.25, 0.3) is 0 Å². The second-order valence-corrected chi connectivity index (χ2v) is 4.57. The molecule has 1 aliphatic heterocycles. The van der Waals surface area contributed by atoms with E-state index in [2.05, 4.69) is 0 Å². The lowest BCUT2D eigenvalue weighted by Gasteiger charge is -2.32. The Balaban J connectivity index is 2.17. The van der Waals surface area contributed by atoms with Gasteiger partial charge in [-0.3, -0.25) is 9.59 Å². The molecule has 0 spiro atoms. The van der Waals surface area contributed by atoms with Crippen molar-refractivity contribution >= 4 is 17.5 Å². The van der Waals surface area contributed by atoms with Gasteiger partial charge in [-0.15, -0.1) is 0 Å². The fourth-order valence-electron chi connectivity index (χ4n) is 2.00. The Bertz CT molecular complexity index is 516. The highest BCUT2D eigenvalue weighted by molar-refractivity contribution is 5.92. The summed E-state index contributed by atoms with van der Waals surface area (Å²) in [5.74, 6) is 0.495. The van der Waals surface area contributed by atoms with Crippen molar-refractivity contribution in [1.29, 1.82) is 0 Å². The lowest BCUT2D eigenvalue weighted by molar-refractivity contribution is -0.149. The van der Waals surface area contributed by atoms with Crippen LogP contribution in [0.5, 0.6) is 5.75 Å². The van der Waals surface area contributed by atoms with E-state index in [1.807, 2.05) is 6.07 Å². The number of amides is 2. The SMILES string of the molecule is COc1cc(N)ccc1CN1CC(=O)N(C)CC1=O. The van der Waals surface area contributed by atoms with Crippen LogP contribution in [-0.2, 0) is 16.1 Å². The second kappa shape index (κ2) is 5.17. The fourth-order valence-corrected chi connectivity index (χ4v) is 2.00. The predicted molar refractivity (Wildman–Crippen MR) is 70.5 cm³/mol. The first-order chi connectivity index (χ1) is 9.01. The molecule has 0 bridgehead atoms. The summed E-state index contributed by atoms with van der Waals surface area (Å²) in [6.45, 7) is 0.570. The normalized spacial score (nSPS) is 15.9. The highest BCUT2D eigenvalue weighted by Gasteiger charge is 2.27. The lowest BCUT2D eigenvalue weighted by Crippen LogP contribution is -2.51. The molecule has 2 N–H and O–H groups in total. The molecule has 6 nitrogen and oxygen atoms in total. The van der Waals surface area contributed by atoms with Gasteiger partial charge in [-0.2, -0.15) is 0 Å². The number of ether oxygens (including phenoxy) is 1. The summed E-state index contributed by atoms with van der Waals surface area (Å²) in [7, 11) is 3.18. The summed E-state index contributed by atoms with van der Waals surface area (Å²) in [6, 6.07) is 5.27. The van der Waals surface area contributed by atoms with E-state index in [9.17, 15) is 9.59 Å². The van der Waals surface area contributed by atoms with Gasteiger partial charge in [-0.25, -0.2) is 0 Å². The topological polar surface area (TPSA) is 75.9 Å². The lowest BCUT2D eigenvalue weighted by atomic mass is 10.1. The molecule has 2 rings (SSSR count). The van der Waals surface area contributed by atoms with E-state index in [1.165, 1.54) is 9.80 Å². The number of methoxy groups -OCH3 is 1. The third-order valence-electron chi connectivity index (χ3n) is 3.15. The predicted octanol–water partition coefficient (Wildman–Crippen LogP) is 0.0780. The molecule has 1 aliphatic rings. The van der Waals surface area contributed by atoms with E-state index in [0.717, 1.165) is 5.56 Å². The number of carbonyl (C=O) groups is 2. The minimum atomic E-state index is -0.0685. The van der Waals surface area contributed by atoms with Crippen LogP contribution in [0.25, 0.3) is 0 Å². The van der Waals surface area contributed by atoms with Crippen molar-refractivity contribution in [1.82, 2.24) is 9.80 Å². The summed E-state index contributed by atoms with van der Waals surface area (Å²) in [5.41, 5.74) is 7.12. The molecule has 1 saturated heterocycles. The average molecular weight is 263 g/mol. The van der Waals surface area contributed by atoms with E-state index >= 15 is 0 Å². The number of hydrogen-bond donors (Lipinski definition) is 1. The smallest absolute Gasteiger partial charge is 0.242 e. The number of nitrogen functional groups attached to an aromatic ring is 1. The molecule has 1 aromatic rings. The zero-order valence-electron chi connectivity index (χ0n) is 11.0. The maximum absolute atomic E-state index is 11.9. The van der Waals surface area contributed by atoms with Crippen LogP contribution in [0.3, 0.4) is 0 Å². The summed E-state index contributed by atoms with van der Waals surface area (Å²) in [4.78, 5) is 26.5. The molecular formula is C13H17N3O3. The number of nitrogens with zero attached hydrogens (tertiary/aromatic N) is 2. The van der Waals surface area contributed by atoms with Crippen molar-refractivity contribution < 1.29 is 14.3 Å². The monoisotopic (exact) mass is 263 g/mol. The van der Waals surface area contributed by atoms with E-state index < -0.39 is 0 Å². The number of piperazine rings is 1. The Morgan fingerprint density at radius 1 is 1.26 bits per heavy atom. The molecule has 1 heterocycles. The second-order valence-electron chi connectivity index (χ2n) is 4.57. The van der Waals surface area contributed by atoms with Crippen molar-refractivity contribution in [3.63, 3.8) is 0 Å². The minimum absolute atomic E-state index is 0.0611. The summed E-state index contributed by atoms with van der Waals surface area (Å²) < 4.78 is 5.24. The highest BCUT2D eigenvalue weighted by Crippen LogP contribution is 2.23. The first kappa shape index (κ1) is 13.2. The number of rotatable bonds is 3. The van der Waals surface area contributed by atoms with Gasteiger partial charge in [-0.1, -0.05) is 6.07 Å². The zero-order chi connectivity index (χ0) is 14.0. The Labute approximate surface area is 111 Å². The first-order valence-electron chi connectivity index (χ1n) is 5.95. The molecule has 1 aromatic carbocycles. The standard InChI is InChI=1S/C13H17N3O3/c1-15-7-13(18)16(8-12(15)17)6-9-3-4-10(14)5-11(9)19-2/h3-5H,6-8,14H2,1-2H3. The molecule has 0 saturated carbocycles. The Morgan fingerprint density at radius 2 is 2.00 bits per heavy atom. The summed E-state index contributed by atoms with van der Waals surface area (Å²) in [6.07, 6.45) is 0. The fraction of sp³-hybridized carbons (Fsp3) is 0.385. The third kappa shape index (κ3) is 2.78. The largest absolute Gasteiger partial charge is 0.496 e. The average Bonchev–Trinajstić information content (AvgIpc) is 2.37. The van der Waals surface area contributed by atoms with Crippen LogP contribution >= 0.6 is 0 Å². The van der Waals surface area contributed by atoms with E-state index in [4.69, 9.17) is 10.5 Å². The molecule has 0 atom stereocenters. The Morgan fingerprint density at radius 3 is 2.68 bits per heavy atom. The van der Waals surface area contributed by atoms with Crippen molar-refractivity contribution in [2.75, 3.05) is 33.0 Å². The molecule has 0 unspecified atom stereocenters. The van der Waals surface area contributed by atoms with Gasteiger partial charge in [0.2, 0.25) is 11.8 Å². The summed E-state index contributed by atoms with van der Waals surface area (Å²) >= 11 is 0. The molecule has 102 valence electrons. The number of nitrogens with two attached hydrogens (primary N) is 1. The van der Waals surface area contributed by atoms with E-state index in [1.54, 1.807) is 26.3 Å². The number of carbonyl (C=O) groups excluding carboxylic acids is 2. The van der Waals surface area contributed by atoms with Crippen LogP contribution in [0.15, 0.2) is 18.2 Å². The third-order valence-corrected chi connectivity index (χ3v) is 3.15. The van der Waals surface area contributed by atoms with Gasteiger partial charge in [-0.05, 0) is 6.07 Å². The van der Waals surface area contributed by atoms with Gasteiger partial charge in [0, 0.05) is 30.9 Å². The van der Waals surface area contributed by atoms with Gasteiger partial charge in [0.05, 0.1) is 13.7 Å². The molecular weight excluding hydrogens is 246 g/mol. The molecule has 6 heteroatoms. The van der Waals surface area contributed by atoms with Gasteiger partial charge >= 0.3 is 0 Å². The molecule has 0 aromatic heterocycles. The van der Waals surface area contributed by atoms with Crippen molar-refractivity contribution in [2.45, 2.75) is 6.54 Å². The van der Waals surface area contributed by atoms with Crippen LogP contribution in [0.2, 0.25) is 0 Å². The molecule has 2 amide bonds. The van der Waals surface area contributed by atoms with E-state index in [0.29, 0.717) is 18.0 Å².